The number of fused-ring (bicyclic) bond motifs is 1. The van der Waals surface area contributed by atoms with Crippen LogP contribution in [0.1, 0.15) is 0 Å². The minimum atomic E-state index is -0.344. The number of hydrogen-bond acceptors (Lipinski definition) is 5. The highest BCUT2D eigenvalue weighted by Gasteiger charge is 2.26. The van der Waals surface area contributed by atoms with Crippen LogP contribution in [0.4, 0.5) is 5.69 Å². The highest BCUT2D eigenvalue weighted by molar-refractivity contribution is 7.99. The van der Waals surface area contributed by atoms with Crippen LogP contribution in [-0.4, -0.2) is 26.3 Å². The van der Waals surface area contributed by atoms with Crippen molar-refractivity contribution in [3.05, 3.63) is 46.9 Å². The number of amides is 1. The van der Waals surface area contributed by atoms with Crippen LogP contribution in [0.5, 0.6) is 5.75 Å². The molecule has 0 radical (unpaired) electrons. The van der Waals surface area contributed by atoms with Gasteiger partial charge in [0.05, 0.1) is 11.6 Å². The van der Waals surface area contributed by atoms with Crippen molar-refractivity contribution in [3.8, 4) is 5.75 Å². The number of nitrogens with one attached hydrogen (secondary N) is 1. The number of benzene rings is 1. The Morgan fingerprint density at radius 2 is 2.19 bits per heavy atom. The summed E-state index contributed by atoms with van der Waals surface area (Å²) in [6.07, 6.45) is 1.48. The summed E-state index contributed by atoms with van der Waals surface area (Å²) in [7, 11) is 0. The van der Waals surface area contributed by atoms with Crippen LogP contribution in [0, 0.1) is 5.92 Å². The number of aromatic hydroxyl groups is 1. The van der Waals surface area contributed by atoms with Crippen LogP contribution >= 0.6 is 11.8 Å². The molecule has 2 aromatic rings. The van der Waals surface area contributed by atoms with Crippen molar-refractivity contribution in [2.75, 3.05) is 11.1 Å². The number of hydrogen-bond donors (Lipinski definition) is 2. The topological polar surface area (TPSA) is 84.2 Å². The molecule has 1 atom stereocenters. The summed E-state index contributed by atoms with van der Waals surface area (Å²) in [6.45, 7) is 0.300. The van der Waals surface area contributed by atoms with Gasteiger partial charge in [-0.25, -0.2) is 4.98 Å². The fraction of sp³-hybridized carbons (Fsp3) is 0.214. The fourth-order valence-corrected chi connectivity index (χ4v) is 3.19. The second-order valence-electron chi connectivity index (χ2n) is 4.69. The van der Waals surface area contributed by atoms with Crippen LogP contribution < -0.4 is 10.9 Å². The minimum Gasteiger partial charge on any atom is -0.506 e. The Labute approximate surface area is 124 Å². The lowest BCUT2D eigenvalue weighted by molar-refractivity contribution is -0.119. The molecule has 3 rings (SSSR count). The van der Waals surface area contributed by atoms with Crippen molar-refractivity contribution in [1.82, 2.24) is 9.55 Å². The van der Waals surface area contributed by atoms with E-state index >= 15 is 0 Å². The van der Waals surface area contributed by atoms with Gasteiger partial charge in [0, 0.05) is 24.6 Å². The van der Waals surface area contributed by atoms with Gasteiger partial charge in [0.15, 0.2) is 5.16 Å². The molecule has 1 aliphatic rings. The first-order valence-electron chi connectivity index (χ1n) is 6.42. The summed E-state index contributed by atoms with van der Waals surface area (Å²) < 4.78 is 1.50. The summed E-state index contributed by atoms with van der Waals surface area (Å²) in [5.41, 5.74) is 0.212. The number of phenols is 1. The van der Waals surface area contributed by atoms with Gasteiger partial charge in [0.2, 0.25) is 5.91 Å². The third-order valence-electron chi connectivity index (χ3n) is 3.25. The van der Waals surface area contributed by atoms with Crippen molar-refractivity contribution >= 4 is 23.4 Å². The molecular weight excluding hydrogens is 290 g/mol. The largest absolute Gasteiger partial charge is 0.506 e. The molecular formula is C14H13N3O3S. The maximum atomic E-state index is 12.3. The molecule has 0 saturated heterocycles. The number of carbonyl (C=O) groups excluding carboxylic acids is 1. The third kappa shape index (κ3) is 2.78. The average molecular weight is 303 g/mol. The molecule has 1 unspecified atom stereocenters. The summed E-state index contributed by atoms with van der Waals surface area (Å²) in [5, 5.41) is 13.0. The van der Waals surface area contributed by atoms with Crippen LogP contribution in [0.3, 0.4) is 0 Å². The van der Waals surface area contributed by atoms with Gasteiger partial charge in [-0.05, 0) is 12.1 Å². The van der Waals surface area contributed by atoms with Gasteiger partial charge in [-0.3, -0.25) is 14.2 Å². The Bertz CT molecular complexity index is 744. The summed E-state index contributed by atoms with van der Waals surface area (Å²) in [6, 6.07) is 7.94. The zero-order valence-corrected chi connectivity index (χ0v) is 11.8. The summed E-state index contributed by atoms with van der Waals surface area (Å²) in [4.78, 5) is 28.2. The molecule has 1 aromatic heterocycles. The van der Waals surface area contributed by atoms with Gasteiger partial charge in [-0.2, -0.15) is 0 Å². The van der Waals surface area contributed by atoms with Crippen molar-refractivity contribution < 1.29 is 9.90 Å². The lowest BCUT2D eigenvalue weighted by atomic mass is 10.1. The molecule has 1 amide bonds. The molecule has 0 bridgehead atoms. The zero-order valence-electron chi connectivity index (χ0n) is 11.0. The highest BCUT2D eigenvalue weighted by atomic mass is 32.2. The van der Waals surface area contributed by atoms with Crippen molar-refractivity contribution in [2.45, 2.75) is 11.7 Å². The highest BCUT2D eigenvalue weighted by Crippen LogP contribution is 2.27. The number of carbonyl (C=O) groups is 1. The SMILES string of the molecule is O=C(Nc1ccccc1O)C1CSc2nccc(=O)n2C1. The molecule has 6 nitrogen and oxygen atoms in total. The van der Waals surface area contributed by atoms with E-state index in [1.807, 2.05) is 0 Å². The van der Waals surface area contributed by atoms with Crippen LogP contribution in [0.2, 0.25) is 0 Å². The smallest absolute Gasteiger partial charge is 0.254 e. The normalized spacial score (nSPS) is 17.0. The van der Waals surface area contributed by atoms with E-state index in [0.717, 1.165) is 0 Å². The Balaban J connectivity index is 1.77. The zero-order chi connectivity index (χ0) is 14.8. The fourth-order valence-electron chi connectivity index (χ4n) is 2.12. The molecule has 2 heterocycles. The van der Waals surface area contributed by atoms with E-state index in [9.17, 15) is 14.7 Å². The molecule has 1 aromatic carbocycles. The molecule has 0 fully saturated rings. The molecule has 7 heteroatoms. The van der Waals surface area contributed by atoms with Crippen molar-refractivity contribution in [2.24, 2.45) is 5.92 Å². The van der Waals surface area contributed by atoms with Crippen LogP contribution in [0.15, 0.2) is 46.5 Å². The number of thioether (sulfide) groups is 1. The first-order chi connectivity index (χ1) is 10.1. The van der Waals surface area contributed by atoms with Gasteiger partial charge in [0.25, 0.3) is 5.56 Å². The predicted molar refractivity (Wildman–Crippen MR) is 79.4 cm³/mol. The maximum absolute atomic E-state index is 12.3. The average Bonchev–Trinajstić information content (AvgIpc) is 2.50. The van der Waals surface area contributed by atoms with Crippen molar-refractivity contribution in [1.29, 1.82) is 0 Å². The van der Waals surface area contributed by atoms with Gasteiger partial charge in [-0.1, -0.05) is 23.9 Å². The lowest BCUT2D eigenvalue weighted by Gasteiger charge is -2.23. The Hall–Kier alpha value is -2.28. The molecule has 2 N–H and O–H groups in total. The molecule has 108 valence electrons. The lowest BCUT2D eigenvalue weighted by Crippen LogP contribution is -2.36. The van der Waals surface area contributed by atoms with Crippen LogP contribution in [-0.2, 0) is 11.3 Å². The number of nitrogens with zero attached hydrogens (tertiary/aromatic N) is 2. The molecule has 1 aliphatic heterocycles. The first-order valence-corrected chi connectivity index (χ1v) is 7.41. The number of aromatic nitrogens is 2. The summed E-state index contributed by atoms with van der Waals surface area (Å²) >= 11 is 1.38. The van der Waals surface area contributed by atoms with E-state index < -0.39 is 0 Å². The molecule has 0 saturated carbocycles. The van der Waals surface area contributed by atoms with E-state index in [2.05, 4.69) is 10.3 Å². The van der Waals surface area contributed by atoms with E-state index in [-0.39, 0.29) is 23.1 Å². The molecule has 0 aliphatic carbocycles. The quantitative estimate of drug-likeness (QED) is 0.645. The van der Waals surface area contributed by atoms with Gasteiger partial charge in [0.1, 0.15) is 5.75 Å². The number of phenolic OH excluding ortho intramolecular Hbond substituents is 1. The number of para-hydroxylation sites is 2. The van der Waals surface area contributed by atoms with Gasteiger partial charge < -0.3 is 10.4 Å². The van der Waals surface area contributed by atoms with E-state index in [0.29, 0.717) is 23.1 Å². The van der Waals surface area contributed by atoms with Crippen molar-refractivity contribution in [3.63, 3.8) is 0 Å². The monoisotopic (exact) mass is 303 g/mol. The minimum absolute atomic E-state index is 0.0218. The molecule has 21 heavy (non-hydrogen) atoms. The second kappa shape index (κ2) is 5.61. The van der Waals surface area contributed by atoms with Gasteiger partial charge in [-0.15, -0.1) is 0 Å². The van der Waals surface area contributed by atoms with E-state index in [1.54, 1.807) is 18.2 Å². The first kappa shape index (κ1) is 13.7. The standard InChI is InChI=1S/C14H13N3O3S/c18-11-4-2-1-3-10(11)16-13(20)9-7-17-12(19)5-6-15-14(17)21-8-9/h1-6,9,18H,7-8H2,(H,16,20). The Kier molecular flexibility index (Phi) is 3.66. The van der Waals surface area contributed by atoms with Gasteiger partial charge >= 0.3 is 0 Å². The van der Waals surface area contributed by atoms with E-state index in [1.165, 1.54) is 34.7 Å². The Morgan fingerprint density at radius 3 is 3.00 bits per heavy atom. The second-order valence-corrected chi connectivity index (χ2v) is 5.68. The maximum Gasteiger partial charge on any atom is 0.254 e. The number of rotatable bonds is 2. The van der Waals surface area contributed by atoms with Crippen LogP contribution in [0.25, 0.3) is 0 Å². The summed E-state index contributed by atoms with van der Waals surface area (Å²) in [5.74, 6) is 0.0125. The number of anilines is 1. The predicted octanol–water partition coefficient (Wildman–Crippen LogP) is 1.31. The Morgan fingerprint density at radius 1 is 1.38 bits per heavy atom. The third-order valence-corrected chi connectivity index (χ3v) is 4.40. The van der Waals surface area contributed by atoms with E-state index in [4.69, 9.17) is 0 Å². The molecule has 0 spiro atoms.